The Kier molecular flexibility index (Phi) is 12.2. The summed E-state index contributed by atoms with van der Waals surface area (Å²) in [6.45, 7) is 14.4. The molecule has 0 spiro atoms. The molecule has 0 saturated heterocycles. The van der Waals surface area contributed by atoms with Gasteiger partial charge in [-0.3, -0.25) is 0 Å². The van der Waals surface area contributed by atoms with Gasteiger partial charge in [-0.25, -0.2) is 0 Å². The molecular formula is C13H30N2O2. The van der Waals surface area contributed by atoms with Gasteiger partial charge in [-0.1, -0.05) is 27.7 Å². The minimum atomic E-state index is 0.530. The van der Waals surface area contributed by atoms with Crippen molar-refractivity contribution in [3.05, 3.63) is 0 Å². The normalized spacial score (nSPS) is 11.6. The van der Waals surface area contributed by atoms with Crippen LogP contribution in [0.25, 0.3) is 0 Å². The van der Waals surface area contributed by atoms with E-state index in [1.807, 2.05) is 0 Å². The van der Waals surface area contributed by atoms with Gasteiger partial charge in [0.2, 0.25) is 0 Å². The van der Waals surface area contributed by atoms with Crippen molar-refractivity contribution in [3.63, 3.8) is 0 Å². The topological polar surface area (TPSA) is 42.5 Å². The molecule has 0 aliphatic heterocycles. The molecule has 104 valence electrons. The first-order valence-electron chi connectivity index (χ1n) is 6.72. The second-order valence-electron chi connectivity index (χ2n) is 4.93. The minimum Gasteiger partial charge on any atom is -0.378 e. The summed E-state index contributed by atoms with van der Waals surface area (Å²) >= 11 is 0. The number of hydrogen-bond donors (Lipinski definition) is 2. The van der Waals surface area contributed by atoms with E-state index in [0.717, 1.165) is 32.8 Å². The third-order valence-electron chi connectivity index (χ3n) is 2.15. The molecule has 0 rings (SSSR count). The van der Waals surface area contributed by atoms with Crippen LogP contribution in [0.2, 0.25) is 0 Å². The maximum atomic E-state index is 5.44. The Balaban J connectivity index is 2.94. The molecule has 0 atom stereocenters. The lowest BCUT2D eigenvalue weighted by Gasteiger charge is -2.09. The van der Waals surface area contributed by atoms with E-state index in [-0.39, 0.29) is 0 Å². The average Bonchev–Trinajstić information content (AvgIpc) is 2.25. The second kappa shape index (κ2) is 12.3. The van der Waals surface area contributed by atoms with Crippen LogP contribution in [0.4, 0.5) is 0 Å². The van der Waals surface area contributed by atoms with E-state index in [2.05, 4.69) is 38.3 Å². The lowest BCUT2D eigenvalue weighted by atomic mass is 10.2. The van der Waals surface area contributed by atoms with E-state index in [1.165, 1.54) is 0 Å². The van der Waals surface area contributed by atoms with Crippen molar-refractivity contribution in [1.29, 1.82) is 0 Å². The lowest BCUT2D eigenvalue weighted by Crippen LogP contribution is -2.27. The molecule has 0 fully saturated rings. The van der Waals surface area contributed by atoms with Gasteiger partial charge in [-0.15, -0.1) is 0 Å². The Hall–Kier alpha value is -0.160. The van der Waals surface area contributed by atoms with Crippen LogP contribution >= 0.6 is 0 Å². The lowest BCUT2D eigenvalue weighted by molar-refractivity contribution is 0.0494. The van der Waals surface area contributed by atoms with Crippen LogP contribution in [0.1, 0.15) is 27.7 Å². The molecule has 0 heterocycles. The monoisotopic (exact) mass is 246 g/mol. The van der Waals surface area contributed by atoms with Crippen LogP contribution in [0, 0.1) is 5.92 Å². The number of hydrogen-bond acceptors (Lipinski definition) is 4. The first-order valence-corrected chi connectivity index (χ1v) is 6.72. The molecule has 0 aromatic rings. The molecule has 0 aromatic heterocycles. The summed E-state index contributed by atoms with van der Waals surface area (Å²) in [5.74, 6) is 0.701. The zero-order chi connectivity index (χ0) is 12.9. The summed E-state index contributed by atoms with van der Waals surface area (Å²) in [5.41, 5.74) is 0. The molecule has 17 heavy (non-hydrogen) atoms. The molecular weight excluding hydrogens is 216 g/mol. The van der Waals surface area contributed by atoms with Crippen LogP contribution in [0.5, 0.6) is 0 Å². The van der Waals surface area contributed by atoms with Gasteiger partial charge in [-0.2, -0.15) is 0 Å². The van der Waals surface area contributed by atoms with Crippen molar-refractivity contribution in [2.75, 3.05) is 46.1 Å². The van der Waals surface area contributed by atoms with Gasteiger partial charge in [0, 0.05) is 19.1 Å². The third kappa shape index (κ3) is 15.8. The molecule has 0 aliphatic carbocycles. The van der Waals surface area contributed by atoms with Gasteiger partial charge in [0.1, 0.15) is 0 Å². The van der Waals surface area contributed by atoms with Crippen molar-refractivity contribution in [1.82, 2.24) is 10.6 Å². The number of rotatable bonds is 12. The predicted octanol–water partition coefficient (Wildman–Crippen LogP) is 1.26. The summed E-state index contributed by atoms with van der Waals surface area (Å²) in [4.78, 5) is 0. The van der Waals surface area contributed by atoms with Gasteiger partial charge in [0.15, 0.2) is 0 Å². The second-order valence-corrected chi connectivity index (χ2v) is 4.93. The van der Waals surface area contributed by atoms with E-state index in [9.17, 15) is 0 Å². The summed E-state index contributed by atoms with van der Waals surface area (Å²) in [5, 5.41) is 6.63. The van der Waals surface area contributed by atoms with E-state index < -0.39 is 0 Å². The maximum Gasteiger partial charge on any atom is 0.0701 e. The number of nitrogens with one attached hydrogen (secondary N) is 2. The maximum absolute atomic E-state index is 5.44. The summed E-state index contributed by atoms with van der Waals surface area (Å²) in [7, 11) is 0. The Labute approximate surface area is 106 Å². The zero-order valence-electron chi connectivity index (χ0n) is 11.9. The van der Waals surface area contributed by atoms with Crippen LogP contribution in [0.15, 0.2) is 0 Å². The first kappa shape index (κ1) is 16.8. The largest absolute Gasteiger partial charge is 0.378 e. The highest BCUT2D eigenvalue weighted by molar-refractivity contribution is 4.51. The summed E-state index contributed by atoms with van der Waals surface area (Å²) in [6.07, 6.45) is 0. The Morgan fingerprint density at radius 1 is 0.824 bits per heavy atom. The molecule has 2 N–H and O–H groups in total. The molecule has 0 aliphatic rings. The van der Waals surface area contributed by atoms with Crippen molar-refractivity contribution in [2.45, 2.75) is 33.7 Å². The van der Waals surface area contributed by atoms with Crippen LogP contribution in [-0.4, -0.2) is 52.1 Å². The molecule has 0 unspecified atom stereocenters. The van der Waals surface area contributed by atoms with E-state index in [4.69, 9.17) is 9.47 Å². The van der Waals surface area contributed by atoms with Crippen molar-refractivity contribution in [3.8, 4) is 0 Å². The molecule has 0 radical (unpaired) electrons. The Bertz CT molecular complexity index is 136. The fourth-order valence-corrected chi connectivity index (χ4v) is 1.28. The third-order valence-corrected chi connectivity index (χ3v) is 2.15. The molecule has 0 aromatic carbocycles. The van der Waals surface area contributed by atoms with Crippen LogP contribution < -0.4 is 10.6 Å². The molecule has 0 saturated carbocycles. The summed E-state index contributed by atoms with van der Waals surface area (Å²) < 4.78 is 10.9. The van der Waals surface area contributed by atoms with Crippen molar-refractivity contribution >= 4 is 0 Å². The smallest absolute Gasteiger partial charge is 0.0701 e. The highest BCUT2D eigenvalue weighted by atomic mass is 16.5. The van der Waals surface area contributed by atoms with Gasteiger partial charge < -0.3 is 20.1 Å². The Morgan fingerprint density at radius 3 is 1.94 bits per heavy atom. The van der Waals surface area contributed by atoms with Crippen LogP contribution in [-0.2, 0) is 9.47 Å². The Morgan fingerprint density at radius 2 is 1.41 bits per heavy atom. The van der Waals surface area contributed by atoms with Gasteiger partial charge >= 0.3 is 0 Å². The van der Waals surface area contributed by atoms with Gasteiger partial charge in [-0.05, 0) is 12.5 Å². The van der Waals surface area contributed by atoms with E-state index >= 15 is 0 Å². The molecule has 0 bridgehead atoms. The first-order chi connectivity index (χ1) is 8.13. The molecule has 0 amide bonds. The number of ether oxygens (including phenoxy) is 2. The van der Waals surface area contributed by atoms with Crippen LogP contribution in [0.3, 0.4) is 0 Å². The van der Waals surface area contributed by atoms with E-state index in [1.54, 1.807) is 0 Å². The summed E-state index contributed by atoms with van der Waals surface area (Å²) in [6, 6.07) is 0.530. The van der Waals surface area contributed by atoms with Gasteiger partial charge in [0.25, 0.3) is 0 Å². The average molecular weight is 246 g/mol. The standard InChI is InChI=1S/C13H30N2O2/c1-12(2)11-14-5-7-16-9-10-17-8-6-15-13(3)4/h12-15H,5-11H2,1-4H3. The molecule has 4 nitrogen and oxygen atoms in total. The van der Waals surface area contributed by atoms with Gasteiger partial charge in [0.05, 0.1) is 26.4 Å². The minimum absolute atomic E-state index is 0.530. The zero-order valence-corrected chi connectivity index (χ0v) is 11.9. The molecule has 4 heteroatoms. The van der Waals surface area contributed by atoms with Crippen molar-refractivity contribution < 1.29 is 9.47 Å². The SMILES string of the molecule is CC(C)CNCCOCCOCCNC(C)C. The quantitative estimate of drug-likeness (QED) is 0.509. The predicted molar refractivity (Wildman–Crippen MR) is 72.5 cm³/mol. The van der Waals surface area contributed by atoms with E-state index in [0.29, 0.717) is 25.2 Å². The fraction of sp³-hybridized carbons (Fsp3) is 1.00. The fourth-order valence-electron chi connectivity index (χ4n) is 1.28. The highest BCUT2D eigenvalue weighted by Gasteiger charge is 1.94. The highest BCUT2D eigenvalue weighted by Crippen LogP contribution is 1.86. The van der Waals surface area contributed by atoms with Crippen molar-refractivity contribution in [2.24, 2.45) is 5.92 Å².